The van der Waals surface area contributed by atoms with Crippen molar-refractivity contribution in [2.75, 3.05) is 11.4 Å². The molecular formula is C15H20N2O3. The fourth-order valence-corrected chi connectivity index (χ4v) is 2.65. The minimum absolute atomic E-state index is 0.0866. The van der Waals surface area contributed by atoms with E-state index in [1.54, 1.807) is 12.1 Å². The standard InChI is InChI=1S/C15H20N2O3/c16-15(9-4-5-10-15)14(20)17(11-8-13(18)19)12-6-2-1-3-7-12/h1-3,6-7H,4-5,8-11,16H2,(H,18,19). The fraction of sp³-hybridized carbons (Fsp3) is 0.467. The lowest BCUT2D eigenvalue weighted by Crippen LogP contribution is -2.54. The predicted octanol–water partition coefficient (Wildman–Crippen LogP) is 1.77. The summed E-state index contributed by atoms with van der Waals surface area (Å²) in [6.45, 7) is 0.150. The number of benzene rings is 1. The molecule has 2 rings (SSSR count). The molecule has 5 nitrogen and oxygen atoms in total. The smallest absolute Gasteiger partial charge is 0.305 e. The number of nitrogens with zero attached hydrogens (tertiary/aromatic N) is 1. The molecule has 0 aromatic heterocycles. The van der Waals surface area contributed by atoms with Crippen LogP contribution >= 0.6 is 0 Å². The Morgan fingerprint density at radius 3 is 2.35 bits per heavy atom. The van der Waals surface area contributed by atoms with Gasteiger partial charge in [0.25, 0.3) is 0 Å². The highest BCUT2D eigenvalue weighted by Crippen LogP contribution is 2.30. The van der Waals surface area contributed by atoms with Gasteiger partial charge in [0.2, 0.25) is 5.91 Å². The number of aliphatic carboxylic acids is 1. The van der Waals surface area contributed by atoms with Crippen LogP contribution < -0.4 is 10.6 Å². The van der Waals surface area contributed by atoms with Crippen LogP contribution in [0.5, 0.6) is 0 Å². The Labute approximate surface area is 118 Å². The van der Waals surface area contributed by atoms with Crippen LogP contribution in [0.15, 0.2) is 30.3 Å². The van der Waals surface area contributed by atoms with Gasteiger partial charge in [-0.2, -0.15) is 0 Å². The first-order valence-electron chi connectivity index (χ1n) is 6.91. The summed E-state index contributed by atoms with van der Waals surface area (Å²) in [5.74, 6) is -1.08. The molecule has 0 bridgehead atoms. The second-order valence-electron chi connectivity index (χ2n) is 5.30. The molecule has 1 aliphatic carbocycles. The Kier molecular flexibility index (Phi) is 4.39. The Morgan fingerprint density at radius 1 is 1.20 bits per heavy atom. The van der Waals surface area contributed by atoms with Gasteiger partial charge in [-0.1, -0.05) is 31.0 Å². The molecular weight excluding hydrogens is 256 g/mol. The van der Waals surface area contributed by atoms with Crippen LogP contribution in [0, 0.1) is 0 Å². The third-order valence-corrected chi connectivity index (χ3v) is 3.78. The van der Waals surface area contributed by atoms with Crippen LogP contribution in [0.3, 0.4) is 0 Å². The van der Waals surface area contributed by atoms with Crippen molar-refractivity contribution < 1.29 is 14.7 Å². The summed E-state index contributed by atoms with van der Waals surface area (Å²) in [5, 5.41) is 8.85. The normalized spacial score (nSPS) is 16.9. The van der Waals surface area contributed by atoms with Crippen molar-refractivity contribution in [2.24, 2.45) is 5.73 Å². The summed E-state index contributed by atoms with van der Waals surface area (Å²) in [5.41, 5.74) is 6.07. The van der Waals surface area contributed by atoms with Crippen molar-refractivity contribution >= 4 is 17.6 Å². The highest BCUT2D eigenvalue weighted by molar-refractivity contribution is 6.00. The molecule has 0 spiro atoms. The number of carboxylic acid groups (broad SMARTS) is 1. The van der Waals surface area contributed by atoms with Gasteiger partial charge in [0.15, 0.2) is 0 Å². The maximum atomic E-state index is 12.7. The highest BCUT2D eigenvalue weighted by Gasteiger charge is 2.40. The van der Waals surface area contributed by atoms with E-state index < -0.39 is 11.5 Å². The van der Waals surface area contributed by atoms with E-state index in [0.717, 1.165) is 12.8 Å². The van der Waals surface area contributed by atoms with Gasteiger partial charge in [0.1, 0.15) is 0 Å². The van der Waals surface area contributed by atoms with E-state index in [2.05, 4.69) is 0 Å². The molecule has 0 heterocycles. The molecule has 5 heteroatoms. The molecule has 0 radical (unpaired) electrons. The van der Waals surface area contributed by atoms with Crippen molar-refractivity contribution in [3.05, 3.63) is 30.3 Å². The molecule has 1 saturated carbocycles. The molecule has 1 aromatic carbocycles. The van der Waals surface area contributed by atoms with Crippen LogP contribution in [0.4, 0.5) is 5.69 Å². The van der Waals surface area contributed by atoms with E-state index in [1.165, 1.54) is 4.90 Å². The SMILES string of the molecule is NC1(C(=O)N(CCC(=O)O)c2ccccc2)CCCC1. The zero-order chi connectivity index (χ0) is 14.6. The number of amides is 1. The van der Waals surface area contributed by atoms with E-state index in [9.17, 15) is 9.59 Å². The molecule has 1 aliphatic rings. The highest BCUT2D eigenvalue weighted by atomic mass is 16.4. The second kappa shape index (κ2) is 6.05. The zero-order valence-corrected chi connectivity index (χ0v) is 11.4. The van der Waals surface area contributed by atoms with Crippen LogP contribution in [0.1, 0.15) is 32.1 Å². The van der Waals surface area contributed by atoms with Crippen molar-refractivity contribution in [1.82, 2.24) is 0 Å². The summed E-state index contributed by atoms with van der Waals surface area (Å²) >= 11 is 0. The van der Waals surface area contributed by atoms with Gasteiger partial charge in [-0.3, -0.25) is 9.59 Å². The Bertz CT molecular complexity index is 481. The number of nitrogens with two attached hydrogens (primary N) is 1. The number of para-hydroxylation sites is 1. The summed E-state index contributed by atoms with van der Waals surface area (Å²) in [6, 6.07) is 9.12. The lowest BCUT2D eigenvalue weighted by atomic mass is 9.96. The van der Waals surface area contributed by atoms with Crippen molar-refractivity contribution in [1.29, 1.82) is 0 Å². The zero-order valence-electron chi connectivity index (χ0n) is 11.4. The summed E-state index contributed by atoms with van der Waals surface area (Å²) < 4.78 is 0. The van der Waals surface area contributed by atoms with E-state index in [1.807, 2.05) is 18.2 Å². The maximum Gasteiger partial charge on any atom is 0.305 e. The monoisotopic (exact) mass is 276 g/mol. The average Bonchev–Trinajstić information content (AvgIpc) is 2.88. The Balaban J connectivity index is 2.22. The Morgan fingerprint density at radius 2 is 1.80 bits per heavy atom. The number of carboxylic acids is 1. The van der Waals surface area contributed by atoms with E-state index >= 15 is 0 Å². The van der Waals surface area contributed by atoms with Gasteiger partial charge >= 0.3 is 5.97 Å². The lowest BCUT2D eigenvalue weighted by Gasteiger charge is -2.31. The van der Waals surface area contributed by atoms with Gasteiger partial charge in [-0.25, -0.2) is 0 Å². The van der Waals surface area contributed by atoms with Gasteiger partial charge in [0.05, 0.1) is 12.0 Å². The average molecular weight is 276 g/mol. The molecule has 1 fully saturated rings. The summed E-state index contributed by atoms with van der Waals surface area (Å²) in [4.78, 5) is 25.0. The third-order valence-electron chi connectivity index (χ3n) is 3.78. The van der Waals surface area contributed by atoms with Crippen molar-refractivity contribution in [3.63, 3.8) is 0 Å². The predicted molar refractivity (Wildman–Crippen MR) is 76.4 cm³/mol. The van der Waals surface area contributed by atoms with Crippen molar-refractivity contribution in [3.8, 4) is 0 Å². The first-order chi connectivity index (χ1) is 9.53. The first-order valence-corrected chi connectivity index (χ1v) is 6.91. The van der Waals surface area contributed by atoms with Gasteiger partial charge in [-0.15, -0.1) is 0 Å². The molecule has 3 N–H and O–H groups in total. The number of anilines is 1. The fourth-order valence-electron chi connectivity index (χ4n) is 2.65. The first kappa shape index (κ1) is 14.5. The van der Waals surface area contributed by atoms with E-state index in [0.29, 0.717) is 18.5 Å². The van der Waals surface area contributed by atoms with Crippen LogP contribution in [0.25, 0.3) is 0 Å². The molecule has 20 heavy (non-hydrogen) atoms. The quantitative estimate of drug-likeness (QED) is 0.858. The number of rotatable bonds is 5. The number of carbonyl (C=O) groups is 2. The van der Waals surface area contributed by atoms with Gasteiger partial charge in [0, 0.05) is 12.2 Å². The maximum absolute atomic E-state index is 12.7. The lowest BCUT2D eigenvalue weighted by molar-refractivity contribution is -0.136. The molecule has 0 atom stereocenters. The van der Waals surface area contributed by atoms with E-state index in [4.69, 9.17) is 10.8 Å². The molecule has 0 saturated heterocycles. The minimum atomic E-state index is -0.920. The molecule has 108 valence electrons. The molecule has 0 aliphatic heterocycles. The molecule has 1 amide bonds. The van der Waals surface area contributed by atoms with Crippen molar-refractivity contribution in [2.45, 2.75) is 37.6 Å². The topological polar surface area (TPSA) is 83.6 Å². The summed E-state index contributed by atoms with van der Waals surface area (Å²) in [7, 11) is 0. The minimum Gasteiger partial charge on any atom is -0.481 e. The Hall–Kier alpha value is -1.88. The molecule has 1 aromatic rings. The van der Waals surface area contributed by atoms with Crippen LogP contribution in [-0.2, 0) is 9.59 Å². The second-order valence-corrected chi connectivity index (χ2v) is 5.30. The number of hydrogen-bond donors (Lipinski definition) is 2. The van der Waals surface area contributed by atoms with Crippen LogP contribution in [0.2, 0.25) is 0 Å². The van der Waals surface area contributed by atoms with E-state index in [-0.39, 0.29) is 18.9 Å². The summed E-state index contributed by atoms with van der Waals surface area (Å²) in [6.07, 6.45) is 3.15. The molecule has 0 unspecified atom stereocenters. The largest absolute Gasteiger partial charge is 0.481 e. The van der Waals surface area contributed by atoms with Gasteiger partial charge in [-0.05, 0) is 25.0 Å². The van der Waals surface area contributed by atoms with Gasteiger partial charge < -0.3 is 15.7 Å². The number of hydrogen-bond acceptors (Lipinski definition) is 3. The van der Waals surface area contributed by atoms with Crippen LogP contribution in [-0.4, -0.2) is 29.1 Å². The third kappa shape index (κ3) is 3.17. The number of carbonyl (C=O) groups excluding carboxylic acids is 1.